The Kier molecular flexibility index (Phi) is 4.62. The van der Waals surface area contributed by atoms with Gasteiger partial charge in [-0.05, 0) is 35.2 Å². The molecule has 0 aliphatic rings. The number of rotatable bonds is 6. The van der Waals surface area contributed by atoms with E-state index in [1.165, 1.54) is 12.5 Å². The smallest absolute Gasteiger partial charge is 0.309 e. The number of nitrogens with one attached hydrogen (secondary N) is 1. The zero-order chi connectivity index (χ0) is 16.1. The number of H-pyrrole nitrogens is 1. The monoisotopic (exact) mass is 309 g/mol. The number of carbonyl (C=O) groups excluding carboxylic acids is 1. The topological polar surface area (TPSA) is 51.3 Å². The third-order valence-electron chi connectivity index (χ3n) is 3.73. The third-order valence-corrected chi connectivity index (χ3v) is 3.73. The first-order valence-corrected chi connectivity index (χ1v) is 7.60. The van der Waals surface area contributed by atoms with Crippen LogP contribution in [-0.2, 0) is 22.4 Å². The molecular weight excluding hydrogens is 290 g/mol. The summed E-state index contributed by atoms with van der Waals surface area (Å²) in [5.74, 6) is 0.562. The van der Waals surface area contributed by atoms with Gasteiger partial charge in [-0.15, -0.1) is 0 Å². The summed E-state index contributed by atoms with van der Waals surface area (Å²) in [6.45, 7) is 0.600. The van der Waals surface area contributed by atoms with Gasteiger partial charge in [0.1, 0.15) is 5.75 Å². The van der Waals surface area contributed by atoms with E-state index in [-0.39, 0.29) is 12.4 Å². The van der Waals surface area contributed by atoms with Crippen molar-refractivity contribution in [2.24, 2.45) is 0 Å². The molecule has 0 aliphatic heterocycles. The summed E-state index contributed by atoms with van der Waals surface area (Å²) in [4.78, 5) is 14.6. The first kappa shape index (κ1) is 15.2. The molecule has 0 aliphatic carbocycles. The van der Waals surface area contributed by atoms with Gasteiger partial charge in [-0.25, -0.2) is 0 Å². The summed E-state index contributed by atoms with van der Waals surface area (Å²) in [7, 11) is 1.39. The summed E-state index contributed by atoms with van der Waals surface area (Å²) in [5.41, 5.74) is 3.22. The fourth-order valence-electron chi connectivity index (χ4n) is 2.49. The van der Waals surface area contributed by atoms with E-state index in [1.54, 1.807) is 0 Å². The van der Waals surface area contributed by atoms with Crippen molar-refractivity contribution >= 4 is 16.9 Å². The average Bonchev–Trinajstić information content (AvgIpc) is 2.99. The highest BCUT2D eigenvalue weighted by atomic mass is 16.5. The van der Waals surface area contributed by atoms with Gasteiger partial charge in [0.25, 0.3) is 0 Å². The molecule has 0 bridgehead atoms. The second-order valence-electron chi connectivity index (χ2n) is 5.38. The fourth-order valence-corrected chi connectivity index (χ4v) is 2.49. The quantitative estimate of drug-likeness (QED) is 0.709. The molecule has 4 heteroatoms. The Morgan fingerprint density at radius 2 is 1.87 bits per heavy atom. The van der Waals surface area contributed by atoms with E-state index < -0.39 is 0 Å². The van der Waals surface area contributed by atoms with Crippen LogP contribution in [0.5, 0.6) is 5.75 Å². The fraction of sp³-hybridized carbons (Fsp3) is 0.211. The Hall–Kier alpha value is -2.75. The van der Waals surface area contributed by atoms with Crippen LogP contribution < -0.4 is 4.74 Å². The lowest BCUT2D eigenvalue weighted by Gasteiger charge is -2.06. The van der Waals surface area contributed by atoms with Gasteiger partial charge in [0.2, 0.25) is 0 Å². The Labute approximate surface area is 135 Å². The third kappa shape index (κ3) is 3.92. The SMILES string of the molecule is COC(=O)Cc1ccc(OCCc2cc3ccccc3[nH]2)cc1. The van der Waals surface area contributed by atoms with Crippen LogP contribution in [-0.4, -0.2) is 24.7 Å². The second kappa shape index (κ2) is 7.01. The van der Waals surface area contributed by atoms with E-state index in [9.17, 15) is 4.79 Å². The van der Waals surface area contributed by atoms with Crippen LogP contribution in [0, 0.1) is 0 Å². The molecule has 1 aromatic heterocycles. The molecule has 23 heavy (non-hydrogen) atoms. The van der Waals surface area contributed by atoms with Crippen molar-refractivity contribution in [3.8, 4) is 5.75 Å². The molecule has 0 fully saturated rings. The van der Waals surface area contributed by atoms with E-state index in [0.29, 0.717) is 6.61 Å². The van der Waals surface area contributed by atoms with Crippen LogP contribution in [0.2, 0.25) is 0 Å². The van der Waals surface area contributed by atoms with Gasteiger partial charge in [0.05, 0.1) is 20.1 Å². The van der Waals surface area contributed by atoms with Crippen LogP contribution in [0.1, 0.15) is 11.3 Å². The average molecular weight is 309 g/mol. The molecule has 0 saturated carbocycles. The number of methoxy groups -OCH3 is 1. The number of ether oxygens (including phenoxy) is 2. The van der Waals surface area contributed by atoms with Gasteiger partial charge in [-0.3, -0.25) is 4.79 Å². The molecule has 0 saturated heterocycles. The highest BCUT2D eigenvalue weighted by molar-refractivity contribution is 5.80. The van der Waals surface area contributed by atoms with Crippen LogP contribution in [0.25, 0.3) is 10.9 Å². The number of carbonyl (C=O) groups is 1. The predicted octanol–water partition coefficient (Wildman–Crippen LogP) is 3.50. The normalized spacial score (nSPS) is 10.7. The number of benzene rings is 2. The van der Waals surface area contributed by atoms with Gasteiger partial charge < -0.3 is 14.5 Å². The zero-order valence-electron chi connectivity index (χ0n) is 13.0. The standard InChI is InChI=1S/C19H19NO3/c1-22-19(21)12-14-6-8-17(9-7-14)23-11-10-16-13-15-4-2-3-5-18(15)20-16/h2-9,13,20H,10-12H2,1H3. The molecular formula is C19H19NO3. The van der Waals surface area contributed by atoms with Crippen molar-refractivity contribution < 1.29 is 14.3 Å². The Morgan fingerprint density at radius 1 is 1.09 bits per heavy atom. The Balaban J connectivity index is 1.53. The Bertz CT molecular complexity index is 757. The lowest BCUT2D eigenvalue weighted by atomic mass is 10.1. The molecule has 0 amide bonds. The second-order valence-corrected chi connectivity index (χ2v) is 5.38. The minimum absolute atomic E-state index is 0.238. The summed E-state index contributed by atoms with van der Waals surface area (Å²) >= 11 is 0. The summed E-state index contributed by atoms with van der Waals surface area (Å²) in [6, 6.07) is 17.9. The number of para-hydroxylation sites is 1. The molecule has 1 N–H and O–H groups in total. The van der Waals surface area contributed by atoms with Crippen LogP contribution in [0.15, 0.2) is 54.6 Å². The first-order chi connectivity index (χ1) is 11.2. The maximum Gasteiger partial charge on any atom is 0.309 e. The van der Waals surface area contributed by atoms with E-state index >= 15 is 0 Å². The number of esters is 1. The number of fused-ring (bicyclic) bond motifs is 1. The molecule has 0 unspecified atom stereocenters. The molecule has 0 radical (unpaired) electrons. The number of hydrogen-bond donors (Lipinski definition) is 1. The maximum absolute atomic E-state index is 11.2. The van der Waals surface area contributed by atoms with E-state index in [4.69, 9.17) is 4.74 Å². The molecule has 3 aromatic rings. The first-order valence-electron chi connectivity index (χ1n) is 7.60. The van der Waals surface area contributed by atoms with E-state index in [2.05, 4.69) is 27.9 Å². The van der Waals surface area contributed by atoms with Crippen molar-refractivity contribution in [2.45, 2.75) is 12.8 Å². The van der Waals surface area contributed by atoms with Crippen molar-refractivity contribution in [2.75, 3.05) is 13.7 Å². The highest BCUT2D eigenvalue weighted by Crippen LogP contribution is 2.16. The minimum Gasteiger partial charge on any atom is -0.493 e. The van der Waals surface area contributed by atoms with Gasteiger partial charge >= 0.3 is 5.97 Å². The molecule has 2 aromatic carbocycles. The summed E-state index contributed by atoms with van der Waals surface area (Å²) in [5, 5.41) is 1.22. The van der Waals surface area contributed by atoms with Crippen molar-refractivity contribution in [1.29, 1.82) is 0 Å². The van der Waals surface area contributed by atoms with Crippen molar-refractivity contribution in [3.05, 3.63) is 65.9 Å². The molecule has 118 valence electrons. The van der Waals surface area contributed by atoms with Gasteiger partial charge in [0.15, 0.2) is 0 Å². The molecule has 1 heterocycles. The van der Waals surface area contributed by atoms with Gasteiger partial charge in [-0.1, -0.05) is 30.3 Å². The molecule has 0 spiro atoms. The van der Waals surface area contributed by atoms with Crippen molar-refractivity contribution in [3.63, 3.8) is 0 Å². The summed E-state index contributed by atoms with van der Waals surface area (Å²) < 4.78 is 10.4. The highest BCUT2D eigenvalue weighted by Gasteiger charge is 2.04. The maximum atomic E-state index is 11.2. The van der Waals surface area contributed by atoms with Crippen LogP contribution >= 0.6 is 0 Å². The lowest BCUT2D eigenvalue weighted by molar-refractivity contribution is -0.139. The van der Waals surface area contributed by atoms with E-state index in [0.717, 1.165) is 28.9 Å². The summed E-state index contributed by atoms with van der Waals surface area (Å²) in [6.07, 6.45) is 1.10. The molecule has 3 rings (SSSR count). The number of hydrogen-bond acceptors (Lipinski definition) is 3. The predicted molar refractivity (Wildman–Crippen MR) is 89.7 cm³/mol. The van der Waals surface area contributed by atoms with Crippen molar-refractivity contribution in [1.82, 2.24) is 4.98 Å². The zero-order valence-corrected chi connectivity index (χ0v) is 13.0. The number of aromatic amines is 1. The molecule has 0 atom stereocenters. The van der Waals surface area contributed by atoms with Crippen LogP contribution in [0.3, 0.4) is 0 Å². The van der Waals surface area contributed by atoms with Crippen LogP contribution in [0.4, 0.5) is 0 Å². The van der Waals surface area contributed by atoms with Gasteiger partial charge in [-0.2, -0.15) is 0 Å². The van der Waals surface area contributed by atoms with E-state index in [1.807, 2.05) is 36.4 Å². The lowest BCUT2D eigenvalue weighted by Crippen LogP contribution is -2.05. The Morgan fingerprint density at radius 3 is 2.61 bits per heavy atom. The minimum atomic E-state index is -0.238. The largest absolute Gasteiger partial charge is 0.493 e. The van der Waals surface area contributed by atoms with Gasteiger partial charge in [0, 0.05) is 17.6 Å². The number of aromatic nitrogens is 1. The molecule has 4 nitrogen and oxygen atoms in total.